The third-order valence-electron chi connectivity index (χ3n) is 3.05. The Morgan fingerprint density at radius 2 is 2.11 bits per heavy atom. The Labute approximate surface area is 113 Å². The highest BCUT2D eigenvalue weighted by atomic mass is 35.5. The molecule has 0 fully saturated rings. The highest BCUT2D eigenvalue weighted by molar-refractivity contribution is 6.30. The van der Waals surface area contributed by atoms with Gasteiger partial charge < -0.3 is 10.1 Å². The predicted molar refractivity (Wildman–Crippen MR) is 73.5 cm³/mol. The lowest BCUT2D eigenvalue weighted by molar-refractivity contribution is 0.106. The fourth-order valence-electron chi connectivity index (χ4n) is 1.92. The topological polar surface area (TPSA) is 21.3 Å². The van der Waals surface area contributed by atoms with Gasteiger partial charge in [-0.15, -0.1) is 0 Å². The monoisotopic (exact) mass is 273 g/mol. The van der Waals surface area contributed by atoms with Crippen molar-refractivity contribution in [1.82, 2.24) is 5.32 Å². The van der Waals surface area contributed by atoms with Gasteiger partial charge in [0.25, 0.3) is 0 Å². The van der Waals surface area contributed by atoms with Crippen LogP contribution in [0, 0.1) is 5.82 Å². The summed E-state index contributed by atoms with van der Waals surface area (Å²) in [6, 6.07) is 4.85. The molecule has 1 N–H and O–H groups in total. The second-order valence-electron chi connectivity index (χ2n) is 4.40. The summed E-state index contributed by atoms with van der Waals surface area (Å²) in [5.41, 5.74) is 0.671. The first-order chi connectivity index (χ1) is 8.58. The quantitative estimate of drug-likeness (QED) is 0.812. The Hall–Kier alpha value is -0.640. The van der Waals surface area contributed by atoms with E-state index in [4.69, 9.17) is 16.3 Å². The van der Waals surface area contributed by atoms with E-state index in [0.29, 0.717) is 10.6 Å². The molecule has 1 aromatic rings. The molecule has 0 saturated carbocycles. The highest BCUT2D eigenvalue weighted by Crippen LogP contribution is 2.25. The summed E-state index contributed by atoms with van der Waals surface area (Å²) in [6.07, 6.45) is 1.90. The number of methoxy groups -OCH3 is 1. The van der Waals surface area contributed by atoms with Crippen molar-refractivity contribution in [3.63, 3.8) is 0 Å². The summed E-state index contributed by atoms with van der Waals surface area (Å²) in [5.74, 6) is -0.251. The first kappa shape index (κ1) is 15.4. The van der Waals surface area contributed by atoms with Gasteiger partial charge in [-0.3, -0.25) is 0 Å². The molecule has 0 aromatic heterocycles. The fourth-order valence-corrected chi connectivity index (χ4v) is 2.08. The van der Waals surface area contributed by atoms with Crippen LogP contribution in [0.25, 0.3) is 0 Å². The molecule has 0 bridgehead atoms. The summed E-state index contributed by atoms with van der Waals surface area (Å²) in [6.45, 7) is 4.83. The minimum Gasteiger partial charge on any atom is -0.382 e. The minimum atomic E-state index is -0.251. The van der Waals surface area contributed by atoms with Crippen molar-refractivity contribution in [3.8, 4) is 0 Å². The van der Waals surface area contributed by atoms with Crippen molar-refractivity contribution in [2.45, 2.75) is 38.8 Å². The van der Waals surface area contributed by atoms with Gasteiger partial charge in [0, 0.05) is 23.7 Å². The van der Waals surface area contributed by atoms with E-state index in [2.05, 4.69) is 5.32 Å². The number of nitrogens with one attached hydrogen (secondary N) is 1. The largest absolute Gasteiger partial charge is 0.382 e. The van der Waals surface area contributed by atoms with E-state index in [1.54, 1.807) is 19.2 Å². The lowest BCUT2D eigenvalue weighted by Gasteiger charge is -2.20. The number of ether oxygens (including phenoxy) is 1. The zero-order valence-corrected chi connectivity index (χ0v) is 11.9. The van der Waals surface area contributed by atoms with Crippen LogP contribution in [-0.2, 0) is 4.74 Å². The molecule has 1 aromatic carbocycles. The second kappa shape index (κ2) is 7.72. The van der Waals surface area contributed by atoms with E-state index in [9.17, 15) is 4.39 Å². The molecular formula is C14H21ClFNO. The Balaban J connectivity index is 2.76. The van der Waals surface area contributed by atoms with Crippen LogP contribution in [-0.4, -0.2) is 19.8 Å². The van der Waals surface area contributed by atoms with Gasteiger partial charge in [0.15, 0.2) is 0 Å². The normalized spacial score (nSPS) is 14.5. The van der Waals surface area contributed by atoms with E-state index < -0.39 is 0 Å². The molecule has 0 saturated heterocycles. The minimum absolute atomic E-state index is 0.00451. The molecule has 2 atom stereocenters. The zero-order chi connectivity index (χ0) is 13.5. The molecule has 0 heterocycles. The SMILES string of the molecule is CCNC(CCC(C)OC)c1ccc(Cl)cc1F. The maximum atomic E-state index is 13.9. The molecule has 0 aliphatic carbocycles. The maximum Gasteiger partial charge on any atom is 0.129 e. The van der Waals surface area contributed by atoms with Crippen LogP contribution in [0.2, 0.25) is 5.02 Å². The van der Waals surface area contributed by atoms with Gasteiger partial charge in [-0.05, 0) is 38.4 Å². The van der Waals surface area contributed by atoms with Gasteiger partial charge in [0.2, 0.25) is 0 Å². The first-order valence-corrected chi connectivity index (χ1v) is 6.67. The fraction of sp³-hybridized carbons (Fsp3) is 0.571. The molecule has 0 aliphatic heterocycles. The average molecular weight is 274 g/mol. The Bertz CT molecular complexity index is 373. The van der Waals surface area contributed by atoms with Crippen molar-refractivity contribution < 1.29 is 9.13 Å². The van der Waals surface area contributed by atoms with Crippen LogP contribution in [0.1, 0.15) is 38.3 Å². The van der Waals surface area contributed by atoms with Crippen molar-refractivity contribution in [2.24, 2.45) is 0 Å². The maximum absolute atomic E-state index is 13.9. The molecule has 18 heavy (non-hydrogen) atoms. The Morgan fingerprint density at radius 3 is 2.67 bits per heavy atom. The summed E-state index contributed by atoms with van der Waals surface area (Å²) in [7, 11) is 1.69. The van der Waals surface area contributed by atoms with Gasteiger partial charge in [0.1, 0.15) is 5.82 Å². The summed E-state index contributed by atoms with van der Waals surface area (Å²) in [5, 5.41) is 3.73. The lowest BCUT2D eigenvalue weighted by Crippen LogP contribution is -2.23. The summed E-state index contributed by atoms with van der Waals surface area (Å²) < 4.78 is 19.1. The standard InChI is InChI=1S/C14H21ClFNO/c1-4-17-14(8-5-10(2)18-3)12-7-6-11(15)9-13(12)16/h6-7,9-10,14,17H,4-5,8H2,1-3H3. The number of hydrogen-bond donors (Lipinski definition) is 1. The Kier molecular flexibility index (Phi) is 6.61. The third kappa shape index (κ3) is 4.56. The summed E-state index contributed by atoms with van der Waals surface area (Å²) >= 11 is 5.77. The van der Waals surface area contributed by atoms with Crippen LogP contribution in [0.4, 0.5) is 4.39 Å². The molecule has 0 aliphatic rings. The summed E-state index contributed by atoms with van der Waals surface area (Å²) in [4.78, 5) is 0. The molecule has 4 heteroatoms. The molecule has 2 nitrogen and oxygen atoms in total. The molecular weight excluding hydrogens is 253 g/mol. The average Bonchev–Trinajstić information content (AvgIpc) is 2.34. The molecule has 0 spiro atoms. The number of rotatable bonds is 7. The van der Waals surface area contributed by atoms with Crippen LogP contribution in [0.15, 0.2) is 18.2 Å². The van der Waals surface area contributed by atoms with Crippen LogP contribution in [0.3, 0.4) is 0 Å². The number of halogens is 2. The molecule has 0 radical (unpaired) electrons. The van der Waals surface area contributed by atoms with Crippen LogP contribution < -0.4 is 5.32 Å². The molecule has 2 unspecified atom stereocenters. The highest BCUT2D eigenvalue weighted by Gasteiger charge is 2.16. The molecule has 1 rings (SSSR count). The van der Waals surface area contributed by atoms with E-state index in [1.807, 2.05) is 13.8 Å². The Morgan fingerprint density at radius 1 is 1.39 bits per heavy atom. The second-order valence-corrected chi connectivity index (χ2v) is 4.84. The van der Waals surface area contributed by atoms with Gasteiger partial charge >= 0.3 is 0 Å². The van der Waals surface area contributed by atoms with Gasteiger partial charge in [-0.25, -0.2) is 4.39 Å². The smallest absolute Gasteiger partial charge is 0.129 e. The van der Waals surface area contributed by atoms with Crippen LogP contribution in [0.5, 0.6) is 0 Å². The zero-order valence-electron chi connectivity index (χ0n) is 11.2. The first-order valence-electron chi connectivity index (χ1n) is 6.29. The van der Waals surface area contributed by atoms with Gasteiger partial charge in [-0.2, -0.15) is 0 Å². The van der Waals surface area contributed by atoms with Crippen molar-refractivity contribution in [2.75, 3.05) is 13.7 Å². The van der Waals surface area contributed by atoms with Crippen molar-refractivity contribution in [1.29, 1.82) is 0 Å². The third-order valence-corrected chi connectivity index (χ3v) is 3.29. The van der Waals surface area contributed by atoms with Gasteiger partial charge in [0.05, 0.1) is 6.10 Å². The van der Waals surface area contributed by atoms with Crippen molar-refractivity contribution in [3.05, 3.63) is 34.6 Å². The van der Waals surface area contributed by atoms with E-state index >= 15 is 0 Å². The number of benzene rings is 1. The molecule has 0 amide bonds. The van der Waals surface area contributed by atoms with Gasteiger partial charge in [-0.1, -0.05) is 24.6 Å². The van der Waals surface area contributed by atoms with Crippen LogP contribution >= 0.6 is 11.6 Å². The van der Waals surface area contributed by atoms with E-state index in [-0.39, 0.29) is 18.0 Å². The van der Waals surface area contributed by atoms with E-state index in [0.717, 1.165) is 19.4 Å². The predicted octanol–water partition coefficient (Wildman–Crippen LogP) is 3.94. The van der Waals surface area contributed by atoms with Crippen molar-refractivity contribution >= 4 is 11.6 Å². The van der Waals surface area contributed by atoms with E-state index in [1.165, 1.54) is 6.07 Å². The molecule has 102 valence electrons. The lowest BCUT2D eigenvalue weighted by atomic mass is 10.00. The number of hydrogen-bond acceptors (Lipinski definition) is 2.